The maximum Gasteiger partial charge on any atom is 0.340 e. The van der Waals surface area contributed by atoms with Gasteiger partial charge in [0.25, 0.3) is 0 Å². The van der Waals surface area contributed by atoms with Crippen molar-refractivity contribution in [2.75, 3.05) is 39.3 Å². The van der Waals surface area contributed by atoms with Crippen LogP contribution in [0.2, 0.25) is 0 Å². The van der Waals surface area contributed by atoms with Gasteiger partial charge < -0.3 is 19.5 Å². The smallest absolute Gasteiger partial charge is 0.340 e. The summed E-state index contributed by atoms with van der Waals surface area (Å²) in [5.74, 6) is -0.0810. The number of aliphatic hydroxyl groups excluding tert-OH is 1. The number of phenolic OH excluding ortho intramolecular Hbond substituents is 1. The first-order valence-electron chi connectivity index (χ1n) is 8.77. The van der Waals surface area contributed by atoms with Crippen molar-refractivity contribution in [1.29, 1.82) is 0 Å². The Kier molecular flexibility index (Phi) is 5.29. The topological polar surface area (TPSA) is 94.2 Å². The zero-order valence-corrected chi connectivity index (χ0v) is 15.1. The molecule has 3 rings (SSSR count). The molecule has 0 aliphatic carbocycles. The molecule has 1 aromatic heterocycles. The van der Waals surface area contributed by atoms with Crippen molar-refractivity contribution in [3.05, 3.63) is 39.2 Å². The molecule has 7 nitrogen and oxygen atoms in total. The summed E-state index contributed by atoms with van der Waals surface area (Å²) in [5, 5.41) is 19.7. The van der Waals surface area contributed by atoms with Crippen molar-refractivity contribution in [2.45, 2.75) is 20.3 Å². The fourth-order valence-corrected chi connectivity index (χ4v) is 3.49. The average Bonchev–Trinajstić information content (AvgIpc) is 2.58. The predicted octanol–water partition coefficient (Wildman–Crippen LogP) is 0.794. The highest BCUT2D eigenvalue weighted by atomic mass is 16.4. The summed E-state index contributed by atoms with van der Waals surface area (Å²) < 4.78 is 5.35. The molecule has 0 saturated carbocycles. The minimum absolute atomic E-state index is 0.0442. The normalized spacial score (nSPS) is 15.6. The van der Waals surface area contributed by atoms with Crippen LogP contribution in [0.3, 0.4) is 0 Å². The van der Waals surface area contributed by atoms with Crippen LogP contribution < -0.4 is 5.63 Å². The van der Waals surface area contributed by atoms with E-state index < -0.39 is 5.63 Å². The number of hydrogen-bond donors (Lipinski definition) is 2. The molecule has 1 amide bonds. The van der Waals surface area contributed by atoms with Gasteiger partial charge in [-0.1, -0.05) is 0 Å². The van der Waals surface area contributed by atoms with E-state index in [0.717, 1.165) is 5.56 Å². The average molecular weight is 360 g/mol. The Morgan fingerprint density at radius 2 is 1.88 bits per heavy atom. The molecule has 1 fully saturated rings. The zero-order valence-electron chi connectivity index (χ0n) is 15.1. The van der Waals surface area contributed by atoms with E-state index in [9.17, 15) is 14.7 Å². The van der Waals surface area contributed by atoms with Crippen LogP contribution in [0.15, 0.2) is 21.3 Å². The molecule has 7 heteroatoms. The lowest BCUT2D eigenvalue weighted by atomic mass is 10.0. The maximum absolute atomic E-state index is 12.6. The number of carbonyl (C=O) groups is 1. The Hall–Kier alpha value is -2.38. The van der Waals surface area contributed by atoms with Gasteiger partial charge in [0.15, 0.2) is 0 Å². The number of nitrogens with zero attached hydrogens (tertiary/aromatic N) is 2. The molecule has 0 atom stereocenters. The van der Waals surface area contributed by atoms with Gasteiger partial charge in [-0.3, -0.25) is 9.69 Å². The molecule has 1 aliphatic heterocycles. The number of hydrogen-bond acceptors (Lipinski definition) is 6. The minimum atomic E-state index is -0.535. The van der Waals surface area contributed by atoms with E-state index in [4.69, 9.17) is 9.52 Å². The van der Waals surface area contributed by atoms with E-state index in [1.807, 2.05) is 6.92 Å². The summed E-state index contributed by atoms with van der Waals surface area (Å²) in [6.45, 7) is 6.80. The highest BCUT2D eigenvalue weighted by Gasteiger charge is 2.24. The zero-order chi connectivity index (χ0) is 18.8. The third-order valence-corrected chi connectivity index (χ3v) is 4.97. The fraction of sp³-hybridized carbons (Fsp3) is 0.474. The van der Waals surface area contributed by atoms with Crippen molar-refractivity contribution in [3.63, 3.8) is 0 Å². The van der Waals surface area contributed by atoms with Gasteiger partial charge in [-0.05, 0) is 37.1 Å². The second kappa shape index (κ2) is 7.47. The summed E-state index contributed by atoms with van der Waals surface area (Å²) in [7, 11) is 0. The van der Waals surface area contributed by atoms with E-state index in [1.165, 1.54) is 0 Å². The number of fused-ring (bicyclic) bond motifs is 1. The molecule has 0 unspecified atom stereocenters. The van der Waals surface area contributed by atoms with Crippen LogP contribution >= 0.6 is 0 Å². The van der Waals surface area contributed by atoms with Crippen molar-refractivity contribution < 1.29 is 19.4 Å². The van der Waals surface area contributed by atoms with Crippen molar-refractivity contribution in [2.24, 2.45) is 0 Å². The minimum Gasteiger partial charge on any atom is -0.507 e. The first kappa shape index (κ1) is 18.4. The first-order chi connectivity index (χ1) is 12.4. The summed E-state index contributed by atoms with van der Waals surface area (Å²) in [4.78, 5) is 28.8. The van der Waals surface area contributed by atoms with Gasteiger partial charge in [0.05, 0.1) is 24.0 Å². The van der Waals surface area contributed by atoms with Gasteiger partial charge >= 0.3 is 5.63 Å². The summed E-state index contributed by atoms with van der Waals surface area (Å²) in [6, 6.07) is 3.32. The fourth-order valence-electron chi connectivity index (χ4n) is 3.49. The van der Waals surface area contributed by atoms with Crippen molar-refractivity contribution >= 4 is 16.9 Å². The molecular weight excluding hydrogens is 336 g/mol. The van der Waals surface area contributed by atoms with E-state index in [0.29, 0.717) is 54.8 Å². The third kappa shape index (κ3) is 3.59. The maximum atomic E-state index is 12.6. The van der Waals surface area contributed by atoms with Crippen LogP contribution in [0.4, 0.5) is 0 Å². The lowest BCUT2D eigenvalue weighted by molar-refractivity contribution is -0.132. The van der Waals surface area contributed by atoms with Gasteiger partial charge in [0.2, 0.25) is 5.91 Å². The molecule has 1 saturated heterocycles. The highest BCUT2D eigenvalue weighted by molar-refractivity contribution is 5.89. The largest absolute Gasteiger partial charge is 0.507 e. The lowest BCUT2D eigenvalue weighted by Gasteiger charge is -2.34. The predicted molar refractivity (Wildman–Crippen MR) is 97.4 cm³/mol. The molecule has 0 spiro atoms. The van der Waals surface area contributed by atoms with Crippen LogP contribution in [0.1, 0.15) is 16.7 Å². The van der Waals surface area contributed by atoms with Crippen molar-refractivity contribution in [1.82, 2.24) is 9.80 Å². The number of amides is 1. The Balaban J connectivity index is 1.83. The number of aromatic hydroxyl groups is 1. The Morgan fingerprint density at radius 1 is 1.19 bits per heavy atom. The van der Waals surface area contributed by atoms with E-state index in [1.54, 1.807) is 24.0 Å². The standard InChI is InChI=1S/C19H24N2O5/c1-12-9-15(23)18-13(2)14(19(25)26-16(18)10-12)11-17(24)21-5-3-20(4-6-21)7-8-22/h9-10,22-23H,3-8,11H2,1-2H3. The molecule has 0 radical (unpaired) electrons. The molecule has 2 heterocycles. The van der Waals surface area contributed by atoms with Crippen LogP contribution in [0.5, 0.6) is 5.75 Å². The van der Waals surface area contributed by atoms with Gasteiger partial charge in [0.1, 0.15) is 11.3 Å². The number of rotatable bonds is 4. The lowest BCUT2D eigenvalue weighted by Crippen LogP contribution is -2.49. The van der Waals surface area contributed by atoms with E-state index in [-0.39, 0.29) is 24.7 Å². The second-order valence-corrected chi connectivity index (χ2v) is 6.77. The molecule has 2 N–H and O–H groups in total. The van der Waals surface area contributed by atoms with Gasteiger partial charge in [-0.15, -0.1) is 0 Å². The number of aryl methyl sites for hydroxylation is 2. The number of phenols is 1. The number of benzene rings is 1. The molecule has 0 bridgehead atoms. The van der Waals surface area contributed by atoms with Crippen LogP contribution in [0, 0.1) is 13.8 Å². The molecule has 1 aromatic carbocycles. The summed E-state index contributed by atoms with van der Waals surface area (Å²) in [6.07, 6.45) is -0.0442. The third-order valence-electron chi connectivity index (χ3n) is 4.97. The number of aliphatic hydroxyl groups is 1. The van der Waals surface area contributed by atoms with Gasteiger partial charge in [-0.25, -0.2) is 4.79 Å². The molecule has 26 heavy (non-hydrogen) atoms. The van der Waals surface area contributed by atoms with Crippen molar-refractivity contribution in [3.8, 4) is 5.75 Å². The molecular formula is C19H24N2O5. The van der Waals surface area contributed by atoms with Crippen LogP contribution in [-0.4, -0.2) is 65.3 Å². The Bertz CT molecular complexity index is 882. The molecule has 2 aromatic rings. The number of β-amino-alcohol motifs (C(OH)–C–C–N with tert-alkyl or cyclic N) is 1. The van der Waals surface area contributed by atoms with Gasteiger partial charge in [-0.2, -0.15) is 0 Å². The monoisotopic (exact) mass is 360 g/mol. The SMILES string of the molecule is Cc1cc(O)c2c(C)c(CC(=O)N3CCN(CCO)CC3)c(=O)oc2c1. The highest BCUT2D eigenvalue weighted by Crippen LogP contribution is 2.30. The van der Waals surface area contributed by atoms with Crippen LogP contribution in [-0.2, 0) is 11.2 Å². The van der Waals surface area contributed by atoms with Crippen LogP contribution in [0.25, 0.3) is 11.0 Å². The quantitative estimate of drug-likeness (QED) is 0.783. The summed E-state index contributed by atoms with van der Waals surface area (Å²) >= 11 is 0. The second-order valence-electron chi connectivity index (χ2n) is 6.77. The van der Waals surface area contributed by atoms with E-state index in [2.05, 4.69) is 4.90 Å². The first-order valence-corrected chi connectivity index (χ1v) is 8.77. The molecule has 140 valence electrons. The van der Waals surface area contributed by atoms with Gasteiger partial charge in [0, 0.05) is 32.7 Å². The number of carbonyl (C=O) groups excluding carboxylic acids is 1. The van der Waals surface area contributed by atoms with E-state index >= 15 is 0 Å². The Morgan fingerprint density at radius 3 is 2.54 bits per heavy atom. The summed E-state index contributed by atoms with van der Waals surface area (Å²) in [5.41, 5.74) is 1.47. The Labute approximate surface area is 151 Å². The molecule has 1 aliphatic rings. The number of piperazine rings is 1.